The summed E-state index contributed by atoms with van der Waals surface area (Å²) in [5.74, 6) is 2.00. The van der Waals surface area contributed by atoms with Crippen molar-refractivity contribution in [1.82, 2.24) is 19.7 Å². The molecule has 1 aliphatic rings. The summed E-state index contributed by atoms with van der Waals surface area (Å²) in [5, 5.41) is 11.1. The fourth-order valence-electron chi connectivity index (χ4n) is 4.55. The number of pyridine rings is 1. The molecule has 0 bridgehead atoms. The van der Waals surface area contributed by atoms with Crippen LogP contribution in [-0.4, -0.2) is 53.5 Å². The van der Waals surface area contributed by atoms with Gasteiger partial charge in [-0.1, -0.05) is 6.07 Å². The van der Waals surface area contributed by atoms with Crippen molar-refractivity contribution >= 4 is 23.2 Å². The van der Waals surface area contributed by atoms with Gasteiger partial charge in [0.25, 0.3) is 5.91 Å². The number of fused-ring (bicyclic) bond motifs is 1. The minimum Gasteiger partial charge on any atom is -0.493 e. The lowest BCUT2D eigenvalue weighted by atomic mass is 9.94. The average molecular weight is 526 g/mol. The lowest BCUT2D eigenvalue weighted by molar-refractivity contribution is -0.113. The Kier molecular flexibility index (Phi) is 7.18. The number of allylic oxidation sites excluding steroid dienone is 1. The molecule has 2 aromatic carbocycles. The zero-order chi connectivity index (χ0) is 27.5. The quantitative estimate of drug-likeness (QED) is 0.340. The van der Waals surface area contributed by atoms with Crippen molar-refractivity contribution in [3.05, 3.63) is 83.8 Å². The van der Waals surface area contributed by atoms with Crippen LogP contribution in [0.25, 0.3) is 11.4 Å². The Morgan fingerprint density at radius 3 is 2.59 bits per heavy atom. The van der Waals surface area contributed by atoms with E-state index in [1.54, 1.807) is 36.3 Å². The molecule has 200 valence electrons. The van der Waals surface area contributed by atoms with E-state index in [2.05, 4.69) is 15.6 Å². The van der Waals surface area contributed by atoms with Crippen LogP contribution in [0, 0.1) is 0 Å². The van der Waals surface area contributed by atoms with E-state index in [4.69, 9.17) is 19.6 Å². The van der Waals surface area contributed by atoms with Crippen molar-refractivity contribution in [3.8, 4) is 22.9 Å². The van der Waals surface area contributed by atoms with E-state index >= 15 is 0 Å². The summed E-state index contributed by atoms with van der Waals surface area (Å²) in [7, 11) is 5.58. The van der Waals surface area contributed by atoms with Crippen LogP contribution < -0.4 is 25.0 Å². The molecule has 0 spiro atoms. The summed E-state index contributed by atoms with van der Waals surface area (Å²) in [4.78, 5) is 24.6. The molecule has 1 unspecified atom stereocenters. The average Bonchev–Trinajstić information content (AvgIpc) is 3.37. The number of carbonyl (C=O) groups is 1. The molecule has 3 heterocycles. The van der Waals surface area contributed by atoms with Gasteiger partial charge in [0, 0.05) is 37.2 Å². The Balaban J connectivity index is 1.60. The van der Waals surface area contributed by atoms with Gasteiger partial charge < -0.3 is 25.0 Å². The van der Waals surface area contributed by atoms with Crippen LogP contribution >= 0.6 is 0 Å². The van der Waals surface area contributed by atoms with Gasteiger partial charge in [0.05, 0.1) is 31.2 Å². The molecule has 10 heteroatoms. The highest BCUT2D eigenvalue weighted by Gasteiger charge is 2.35. The molecule has 5 rings (SSSR count). The number of amides is 1. The van der Waals surface area contributed by atoms with Gasteiger partial charge in [-0.15, -0.1) is 5.10 Å². The fourth-order valence-corrected chi connectivity index (χ4v) is 4.55. The predicted molar refractivity (Wildman–Crippen MR) is 151 cm³/mol. The predicted octanol–water partition coefficient (Wildman–Crippen LogP) is 4.74. The lowest BCUT2D eigenvalue weighted by Gasteiger charge is -2.29. The number of nitrogens with one attached hydrogen (secondary N) is 2. The van der Waals surface area contributed by atoms with Crippen LogP contribution in [-0.2, 0) is 4.79 Å². The zero-order valence-corrected chi connectivity index (χ0v) is 22.6. The molecule has 10 nitrogen and oxygen atoms in total. The summed E-state index contributed by atoms with van der Waals surface area (Å²) in [6.07, 6.45) is 3.26. The Labute approximate surface area is 227 Å². The van der Waals surface area contributed by atoms with Crippen molar-refractivity contribution in [2.24, 2.45) is 0 Å². The number of aromatic nitrogens is 4. The van der Waals surface area contributed by atoms with Gasteiger partial charge in [0.1, 0.15) is 6.04 Å². The summed E-state index contributed by atoms with van der Waals surface area (Å²) >= 11 is 0. The largest absolute Gasteiger partial charge is 0.493 e. The van der Waals surface area contributed by atoms with Crippen molar-refractivity contribution in [3.63, 3.8) is 0 Å². The molecule has 1 atom stereocenters. The zero-order valence-electron chi connectivity index (χ0n) is 22.6. The Morgan fingerprint density at radius 2 is 1.92 bits per heavy atom. The number of carbonyl (C=O) groups excluding carboxylic acids is 1. The minimum atomic E-state index is -0.579. The van der Waals surface area contributed by atoms with Crippen LogP contribution in [0.1, 0.15) is 25.5 Å². The van der Waals surface area contributed by atoms with Crippen molar-refractivity contribution in [2.75, 3.05) is 43.3 Å². The number of methoxy groups -OCH3 is 1. The third kappa shape index (κ3) is 5.13. The smallest absolute Gasteiger partial charge is 0.255 e. The van der Waals surface area contributed by atoms with E-state index in [1.807, 2.05) is 75.3 Å². The van der Waals surface area contributed by atoms with Crippen molar-refractivity contribution < 1.29 is 14.3 Å². The summed E-state index contributed by atoms with van der Waals surface area (Å²) in [6.45, 7) is 4.28. The molecular formula is C29H31N7O3. The molecule has 2 aromatic heterocycles. The molecule has 0 fully saturated rings. The number of benzene rings is 2. The van der Waals surface area contributed by atoms with Crippen molar-refractivity contribution in [1.29, 1.82) is 0 Å². The van der Waals surface area contributed by atoms with E-state index in [1.165, 1.54) is 0 Å². The van der Waals surface area contributed by atoms with Gasteiger partial charge in [-0.05, 0) is 67.9 Å². The maximum Gasteiger partial charge on any atom is 0.255 e. The van der Waals surface area contributed by atoms with Crippen LogP contribution in [0.2, 0.25) is 0 Å². The number of hydrogen-bond acceptors (Lipinski definition) is 8. The van der Waals surface area contributed by atoms with Crippen LogP contribution in [0.15, 0.2) is 78.3 Å². The topological polar surface area (TPSA) is 106 Å². The molecule has 0 saturated carbocycles. The van der Waals surface area contributed by atoms with E-state index in [0.29, 0.717) is 46.8 Å². The Bertz CT molecular complexity index is 1510. The molecule has 1 aliphatic heterocycles. The molecule has 39 heavy (non-hydrogen) atoms. The second-order valence-electron chi connectivity index (χ2n) is 9.25. The van der Waals surface area contributed by atoms with Gasteiger partial charge in [0.2, 0.25) is 5.95 Å². The first-order chi connectivity index (χ1) is 18.9. The number of ether oxygens (including phenoxy) is 2. The van der Waals surface area contributed by atoms with Gasteiger partial charge in [-0.25, -0.2) is 4.68 Å². The molecular weight excluding hydrogens is 494 g/mol. The first-order valence-corrected chi connectivity index (χ1v) is 12.6. The molecule has 0 radical (unpaired) electrons. The maximum absolute atomic E-state index is 13.7. The summed E-state index contributed by atoms with van der Waals surface area (Å²) < 4.78 is 13.1. The van der Waals surface area contributed by atoms with E-state index in [0.717, 1.165) is 16.8 Å². The summed E-state index contributed by atoms with van der Waals surface area (Å²) in [6, 6.07) is 16.7. The second kappa shape index (κ2) is 10.9. The molecule has 1 amide bonds. The Hall–Kier alpha value is -4.86. The van der Waals surface area contributed by atoms with Crippen LogP contribution in [0.3, 0.4) is 0 Å². The molecule has 0 saturated heterocycles. The third-order valence-electron chi connectivity index (χ3n) is 6.46. The lowest BCUT2D eigenvalue weighted by Crippen LogP contribution is -2.31. The monoisotopic (exact) mass is 525 g/mol. The van der Waals surface area contributed by atoms with Crippen LogP contribution in [0.5, 0.6) is 11.5 Å². The number of rotatable bonds is 8. The molecule has 0 aliphatic carbocycles. The normalized spacial score (nSPS) is 14.3. The minimum absolute atomic E-state index is 0.274. The van der Waals surface area contributed by atoms with Gasteiger partial charge in [0.15, 0.2) is 17.3 Å². The fraction of sp³-hybridized carbons (Fsp3) is 0.241. The highest BCUT2D eigenvalue weighted by Crippen LogP contribution is 2.40. The van der Waals surface area contributed by atoms with Gasteiger partial charge in [-0.2, -0.15) is 4.98 Å². The third-order valence-corrected chi connectivity index (χ3v) is 6.46. The first-order valence-electron chi connectivity index (χ1n) is 12.6. The maximum atomic E-state index is 13.7. The second-order valence-corrected chi connectivity index (χ2v) is 9.25. The molecule has 4 aromatic rings. The number of anilines is 3. The van der Waals surface area contributed by atoms with E-state index in [-0.39, 0.29) is 5.91 Å². The van der Waals surface area contributed by atoms with E-state index in [9.17, 15) is 4.79 Å². The van der Waals surface area contributed by atoms with Crippen LogP contribution in [0.4, 0.5) is 17.3 Å². The summed E-state index contributed by atoms with van der Waals surface area (Å²) in [5.41, 5.74) is 4.50. The SMILES string of the molecule is CCOc1ccc(C2C(C(=O)Nc3cccnc3)=C(C)Nc3nc(-c4ccc(N(C)C)cc4)nn32)cc1OC. The van der Waals surface area contributed by atoms with Gasteiger partial charge in [-0.3, -0.25) is 9.78 Å². The van der Waals surface area contributed by atoms with Gasteiger partial charge >= 0.3 is 0 Å². The van der Waals surface area contributed by atoms with Crippen molar-refractivity contribution in [2.45, 2.75) is 19.9 Å². The standard InChI is InChI=1S/C29H31N7O3/c1-6-39-23-14-11-20(16-24(23)38-5)26-25(28(37)32-21-8-7-15-30-17-21)18(2)31-29-33-27(34-36(26)29)19-9-12-22(13-10-19)35(3)4/h7-17,26H,6H2,1-5H3,(H,32,37)(H,31,33,34). The highest BCUT2D eigenvalue weighted by atomic mass is 16.5. The highest BCUT2D eigenvalue weighted by molar-refractivity contribution is 6.06. The Morgan fingerprint density at radius 1 is 1.13 bits per heavy atom. The number of nitrogens with zero attached hydrogens (tertiary/aromatic N) is 5. The first kappa shape index (κ1) is 25.8. The molecule has 2 N–H and O–H groups in total. The van der Waals surface area contributed by atoms with E-state index < -0.39 is 6.04 Å². The number of hydrogen-bond donors (Lipinski definition) is 2.